The van der Waals surface area contributed by atoms with E-state index in [1.807, 2.05) is 29.8 Å². The van der Waals surface area contributed by atoms with E-state index in [0.29, 0.717) is 38.2 Å². The summed E-state index contributed by atoms with van der Waals surface area (Å²) in [6, 6.07) is 3.56. The smallest absolute Gasteiger partial charge is 0.226 e. The van der Waals surface area contributed by atoms with Crippen molar-refractivity contribution in [1.29, 1.82) is 0 Å². The Kier molecular flexibility index (Phi) is 5.11. The largest absolute Gasteiger partial charge is 0.352 e. The van der Waals surface area contributed by atoms with E-state index in [2.05, 4.69) is 15.3 Å². The van der Waals surface area contributed by atoms with Gasteiger partial charge < -0.3 is 14.8 Å². The highest BCUT2D eigenvalue weighted by molar-refractivity contribution is 5.80. The number of rotatable bonds is 5. The summed E-state index contributed by atoms with van der Waals surface area (Å²) >= 11 is 0. The van der Waals surface area contributed by atoms with Crippen molar-refractivity contribution in [1.82, 2.24) is 24.8 Å². The Morgan fingerprint density at radius 3 is 2.86 bits per heavy atom. The molecule has 1 saturated carbocycles. The van der Waals surface area contributed by atoms with E-state index in [4.69, 9.17) is 0 Å². The number of hydrogen-bond acceptors (Lipinski definition) is 4. The average molecular weight is 385 g/mol. The Morgan fingerprint density at radius 2 is 2.14 bits per heavy atom. The molecule has 1 aliphatic carbocycles. The van der Waals surface area contributed by atoms with E-state index < -0.39 is 6.17 Å². The third-order valence-corrected chi connectivity index (χ3v) is 5.55. The van der Waals surface area contributed by atoms with Crippen LogP contribution in [0.2, 0.25) is 0 Å². The number of nitrogens with zero attached hydrogens (tertiary/aromatic N) is 4. The highest BCUT2D eigenvalue weighted by Gasteiger charge is 2.40. The van der Waals surface area contributed by atoms with Gasteiger partial charge in [0, 0.05) is 44.1 Å². The fourth-order valence-electron chi connectivity index (χ4n) is 3.85. The van der Waals surface area contributed by atoms with Crippen molar-refractivity contribution in [3.05, 3.63) is 47.8 Å². The summed E-state index contributed by atoms with van der Waals surface area (Å²) in [5, 5.41) is 2.87. The van der Waals surface area contributed by atoms with Gasteiger partial charge in [-0.3, -0.25) is 14.6 Å². The Labute approximate surface area is 163 Å². The van der Waals surface area contributed by atoms with Crippen LogP contribution in [0.25, 0.3) is 0 Å². The number of imidazole rings is 1. The Morgan fingerprint density at radius 1 is 1.32 bits per heavy atom. The maximum Gasteiger partial charge on any atom is 0.226 e. The minimum Gasteiger partial charge on any atom is -0.352 e. The molecule has 8 heteroatoms. The predicted octanol–water partition coefficient (Wildman–Crippen LogP) is 1.79. The molecule has 4 rings (SSSR count). The van der Waals surface area contributed by atoms with E-state index >= 15 is 0 Å². The summed E-state index contributed by atoms with van der Waals surface area (Å²) < 4.78 is 15.1. The lowest BCUT2D eigenvalue weighted by molar-refractivity contribution is -0.144. The van der Waals surface area contributed by atoms with Crippen LogP contribution in [0.4, 0.5) is 4.39 Å². The molecule has 0 spiro atoms. The van der Waals surface area contributed by atoms with Crippen molar-refractivity contribution in [3.8, 4) is 0 Å². The standard InChI is InChI=1S/C20H24FN5O2/c1-13-19-24-17(9-18(27)23-11-14-3-2-4-22-10-14)12-25(19)5-6-26(13)20(28)15-7-16(21)8-15/h2-4,10,12-13,15-16H,5-9,11H2,1H3,(H,23,27)/t13-,15?,16?/m1/s1. The number of alkyl halides is 1. The van der Waals surface area contributed by atoms with Crippen molar-refractivity contribution in [3.63, 3.8) is 0 Å². The molecule has 1 fully saturated rings. The molecule has 7 nitrogen and oxygen atoms in total. The molecule has 2 aliphatic rings. The lowest BCUT2D eigenvalue weighted by Gasteiger charge is -2.39. The second-order valence-electron chi connectivity index (χ2n) is 7.57. The van der Waals surface area contributed by atoms with E-state index in [9.17, 15) is 14.0 Å². The lowest BCUT2D eigenvalue weighted by atomic mass is 9.82. The van der Waals surface area contributed by atoms with Gasteiger partial charge in [-0.05, 0) is 31.4 Å². The second kappa shape index (κ2) is 7.69. The molecule has 1 N–H and O–H groups in total. The van der Waals surface area contributed by atoms with Crippen molar-refractivity contribution < 1.29 is 14.0 Å². The Bertz CT molecular complexity index is 863. The van der Waals surface area contributed by atoms with Crippen LogP contribution in [0.3, 0.4) is 0 Å². The molecule has 28 heavy (non-hydrogen) atoms. The molecular formula is C20H24FN5O2. The third kappa shape index (κ3) is 3.76. The Hall–Kier alpha value is -2.77. The van der Waals surface area contributed by atoms with E-state index in [1.165, 1.54) is 0 Å². The van der Waals surface area contributed by atoms with Crippen LogP contribution in [0.15, 0.2) is 30.7 Å². The number of hydrogen-bond donors (Lipinski definition) is 1. The van der Waals surface area contributed by atoms with Gasteiger partial charge in [-0.1, -0.05) is 6.07 Å². The molecule has 0 bridgehead atoms. The summed E-state index contributed by atoms with van der Waals surface area (Å²) in [5.74, 6) is 0.497. The maximum absolute atomic E-state index is 13.1. The molecule has 0 unspecified atom stereocenters. The number of pyridine rings is 1. The van der Waals surface area contributed by atoms with E-state index in [1.54, 1.807) is 17.3 Å². The molecule has 1 aliphatic heterocycles. The quantitative estimate of drug-likeness (QED) is 0.851. The molecule has 2 aromatic rings. The molecule has 2 amide bonds. The highest BCUT2D eigenvalue weighted by Crippen LogP contribution is 2.35. The van der Waals surface area contributed by atoms with Gasteiger partial charge in [0.2, 0.25) is 11.8 Å². The summed E-state index contributed by atoms with van der Waals surface area (Å²) in [5.41, 5.74) is 1.63. The van der Waals surface area contributed by atoms with Gasteiger partial charge in [0.1, 0.15) is 12.0 Å². The second-order valence-corrected chi connectivity index (χ2v) is 7.57. The minimum absolute atomic E-state index is 0.0198. The number of fused-ring (bicyclic) bond motifs is 1. The zero-order valence-electron chi connectivity index (χ0n) is 15.8. The first-order valence-corrected chi connectivity index (χ1v) is 9.67. The van der Waals surface area contributed by atoms with Gasteiger partial charge in [0.05, 0.1) is 18.2 Å². The van der Waals surface area contributed by atoms with Crippen LogP contribution in [0.1, 0.15) is 42.9 Å². The minimum atomic E-state index is -0.840. The number of carbonyl (C=O) groups excluding carboxylic acids is 2. The van der Waals surface area contributed by atoms with Gasteiger partial charge >= 0.3 is 0 Å². The predicted molar refractivity (Wildman–Crippen MR) is 99.8 cm³/mol. The van der Waals surface area contributed by atoms with Gasteiger partial charge in [-0.2, -0.15) is 0 Å². The monoisotopic (exact) mass is 385 g/mol. The van der Waals surface area contributed by atoms with Crippen LogP contribution >= 0.6 is 0 Å². The number of halogens is 1. The summed E-state index contributed by atoms with van der Waals surface area (Å²) in [7, 11) is 0. The Balaban J connectivity index is 1.36. The van der Waals surface area contributed by atoms with E-state index in [-0.39, 0.29) is 30.2 Å². The number of aromatic nitrogens is 3. The van der Waals surface area contributed by atoms with Crippen molar-refractivity contribution in [2.24, 2.45) is 5.92 Å². The number of nitrogens with one attached hydrogen (secondary N) is 1. The van der Waals surface area contributed by atoms with Crippen molar-refractivity contribution in [2.45, 2.75) is 51.5 Å². The van der Waals surface area contributed by atoms with Crippen LogP contribution in [0, 0.1) is 5.92 Å². The molecule has 0 radical (unpaired) electrons. The number of carbonyl (C=O) groups is 2. The summed E-state index contributed by atoms with van der Waals surface area (Å²) in [6.45, 7) is 3.59. The molecule has 1 atom stereocenters. The van der Waals surface area contributed by atoms with Gasteiger partial charge in [-0.15, -0.1) is 0 Å². The third-order valence-electron chi connectivity index (χ3n) is 5.55. The fourth-order valence-corrected chi connectivity index (χ4v) is 3.85. The first kappa shape index (κ1) is 18.6. The van der Waals surface area contributed by atoms with Crippen LogP contribution in [-0.4, -0.2) is 44.0 Å². The van der Waals surface area contributed by atoms with Gasteiger partial charge in [0.15, 0.2) is 0 Å². The molecule has 0 aromatic carbocycles. The molecule has 2 aromatic heterocycles. The maximum atomic E-state index is 13.1. The van der Waals surface area contributed by atoms with Gasteiger partial charge in [0.25, 0.3) is 0 Å². The topological polar surface area (TPSA) is 80.1 Å². The van der Waals surface area contributed by atoms with Crippen LogP contribution in [-0.2, 0) is 29.1 Å². The van der Waals surface area contributed by atoms with Crippen LogP contribution in [0.5, 0.6) is 0 Å². The normalized spacial score (nSPS) is 23.6. The fraction of sp³-hybridized carbons (Fsp3) is 0.500. The first-order valence-electron chi connectivity index (χ1n) is 9.67. The summed E-state index contributed by atoms with van der Waals surface area (Å²) in [6.07, 6.45) is 5.31. The number of amides is 2. The van der Waals surface area contributed by atoms with Crippen molar-refractivity contribution >= 4 is 11.8 Å². The van der Waals surface area contributed by atoms with Gasteiger partial charge in [-0.25, -0.2) is 9.37 Å². The zero-order chi connectivity index (χ0) is 19.7. The summed E-state index contributed by atoms with van der Waals surface area (Å²) in [4.78, 5) is 35.3. The SMILES string of the molecule is C[C@@H]1c2nc(CC(=O)NCc3cccnc3)cn2CCN1C(=O)C1CC(F)C1. The molecule has 3 heterocycles. The molecule has 0 saturated heterocycles. The van der Waals surface area contributed by atoms with Crippen LogP contribution < -0.4 is 5.32 Å². The van der Waals surface area contributed by atoms with E-state index in [0.717, 1.165) is 11.4 Å². The highest BCUT2D eigenvalue weighted by atomic mass is 19.1. The molecule has 148 valence electrons. The van der Waals surface area contributed by atoms with Crippen molar-refractivity contribution in [2.75, 3.05) is 6.54 Å². The zero-order valence-corrected chi connectivity index (χ0v) is 15.8. The lowest BCUT2D eigenvalue weighted by Crippen LogP contribution is -2.47. The molecular weight excluding hydrogens is 361 g/mol. The average Bonchev–Trinajstić information content (AvgIpc) is 3.08. The first-order chi connectivity index (χ1) is 13.5.